The van der Waals surface area contributed by atoms with Crippen LogP contribution in [0.5, 0.6) is 0 Å². The Hall–Kier alpha value is -3.15. The molecule has 1 aromatic heterocycles. The van der Waals surface area contributed by atoms with E-state index >= 15 is 0 Å². The van der Waals surface area contributed by atoms with Gasteiger partial charge in [0.05, 0.1) is 0 Å². The summed E-state index contributed by atoms with van der Waals surface area (Å²) in [5.41, 5.74) is 1.95. The Bertz CT molecular complexity index is 894. The van der Waals surface area contributed by atoms with E-state index in [1.807, 2.05) is 29.8 Å². The molecule has 0 bridgehead atoms. The van der Waals surface area contributed by atoms with Crippen LogP contribution < -0.4 is 10.6 Å². The monoisotopic (exact) mass is 380 g/mol. The number of amides is 2. The summed E-state index contributed by atoms with van der Waals surface area (Å²) in [4.78, 5) is 16.7. The van der Waals surface area contributed by atoms with Gasteiger partial charge >= 0.3 is 6.03 Å². The third kappa shape index (κ3) is 5.42. The fourth-order valence-corrected chi connectivity index (χ4v) is 3.12. The van der Waals surface area contributed by atoms with Gasteiger partial charge in [-0.3, -0.25) is 0 Å². The molecule has 0 aliphatic rings. The van der Waals surface area contributed by atoms with Crippen molar-refractivity contribution in [1.29, 1.82) is 0 Å². The molecule has 2 aromatic carbocycles. The molecule has 2 N–H and O–H groups in total. The molecule has 3 aromatic rings. The molecule has 1 atom stereocenters. The highest BCUT2D eigenvalue weighted by Crippen LogP contribution is 2.21. The lowest BCUT2D eigenvalue weighted by molar-refractivity contribution is 0.238. The smallest absolute Gasteiger partial charge is 0.315 e. The summed E-state index contributed by atoms with van der Waals surface area (Å²) in [7, 11) is 1.85. The van der Waals surface area contributed by atoms with Gasteiger partial charge in [0.2, 0.25) is 0 Å². The van der Waals surface area contributed by atoms with Gasteiger partial charge in [0, 0.05) is 26.0 Å². The van der Waals surface area contributed by atoms with Crippen molar-refractivity contribution in [2.24, 2.45) is 7.05 Å². The molecule has 0 aliphatic heterocycles. The lowest BCUT2D eigenvalue weighted by Gasteiger charge is -2.19. The molecule has 28 heavy (non-hydrogen) atoms. The van der Waals surface area contributed by atoms with Crippen LogP contribution in [0, 0.1) is 5.82 Å². The molecule has 5 nitrogen and oxygen atoms in total. The van der Waals surface area contributed by atoms with Crippen molar-refractivity contribution in [3.63, 3.8) is 0 Å². The van der Waals surface area contributed by atoms with E-state index in [4.69, 9.17) is 0 Å². The zero-order valence-electron chi connectivity index (χ0n) is 15.9. The second-order valence-corrected chi connectivity index (χ2v) is 6.73. The third-order valence-electron chi connectivity index (χ3n) is 4.59. The second kappa shape index (κ2) is 9.69. The fraction of sp³-hybridized carbons (Fsp3) is 0.273. The highest BCUT2D eigenvalue weighted by atomic mass is 19.1. The minimum atomic E-state index is -0.528. The van der Waals surface area contributed by atoms with Crippen LogP contribution in [0.2, 0.25) is 0 Å². The minimum Gasteiger partial charge on any atom is -0.338 e. The van der Waals surface area contributed by atoms with E-state index in [1.165, 1.54) is 17.7 Å². The van der Waals surface area contributed by atoms with Gasteiger partial charge in [-0.15, -0.1) is 0 Å². The molecular weight excluding hydrogens is 355 g/mol. The van der Waals surface area contributed by atoms with Gasteiger partial charge < -0.3 is 15.2 Å². The normalized spacial score (nSPS) is 11.8. The van der Waals surface area contributed by atoms with Crippen molar-refractivity contribution < 1.29 is 9.18 Å². The van der Waals surface area contributed by atoms with Gasteiger partial charge in [0.1, 0.15) is 17.7 Å². The maximum atomic E-state index is 13.7. The Morgan fingerprint density at radius 1 is 1.14 bits per heavy atom. The molecule has 0 radical (unpaired) electrons. The third-order valence-corrected chi connectivity index (χ3v) is 4.59. The van der Waals surface area contributed by atoms with Crippen LogP contribution >= 0.6 is 0 Å². The van der Waals surface area contributed by atoms with E-state index in [2.05, 4.69) is 27.8 Å². The van der Waals surface area contributed by atoms with Crippen LogP contribution in [-0.4, -0.2) is 22.1 Å². The Balaban J connectivity index is 1.54. The molecule has 0 unspecified atom stereocenters. The summed E-state index contributed by atoms with van der Waals surface area (Å²) in [6.45, 7) is 0.578. The first kappa shape index (κ1) is 19.6. The molecule has 0 aliphatic carbocycles. The first-order valence-corrected chi connectivity index (χ1v) is 9.44. The number of nitrogens with zero attached hydrogens (tertiary/aromatic N) is 2. The first-order valence-electron chi connectivity index (χ1n) is 9.44. The topological polar surface area (TPSA) is 59.0 Å². The molecule has 0 saturated heterocycles. The van der Waals surface area contributed by atoms with Crippen molar-refractivity contribution in [2.45, 2.75) is 25.3 Å². The maximum Gasteiger partial charge on any atom is 0.315 e. The summed E-state index contributed by atoms with van der Waals surface area (Å²) >= 11 is 0. The maximum absolute atomic E-state index is 13.7. The van der Waals surface area contributed by atoms with Gasteiger partial charge in [-0.2, -0.15) is 0 Å². The van der Waals surface area contributed by atoms with Gasteiger partial charge in [-0.25, -0.2) is 14.2 Å². The number of carbonyl (C=O) groups is 1. The van der Waals surface area contributed by atoms with E-state index in [0.717, 1.165) is 19.3 Å². The number of hydrogen-bond donors (Lipinski definition) is 2. The van der Waals surface area contributed by atoms with Crippen molar-refractivity contribution >= 4 is 6.03 Å². The standard InChI is InChI=1S/C22H25FN4O/c1-27-15-14-24-21(27)20(18-11-7-12-19(23)16-18)26-22(28)25-13-6-5-10-17-8-3-2-4-9-17/h2-4,7-9,11-12,14-16,20H,5-6,10,13H2,1H3,(H2,25,26,28)/t20-/m0/s1. The number of urea groups is 1. The summed E-state index contributed by atoms with van der Waals surface area (Å²) in [6.07, 6.45) is 6.32. The van der Waals surface area contributed by atoms with Crippen LogP contribution in [0.25, 0.3) is 0 Å². The first-order chi connectivity index (χ1) is 13.6. The largest absolute Gasteiger partial charge is 0.338 e. The number of nitrogens with one attached hydrogen (secondary N) is 2. The number of aryl methyl sites for hydroxylation is 2. The molecule has 0 fully saturated rings. The Morgan fingerprint density at radius 2 is 1.96 bits per heavy atom. The van der Waals surface area contributed by atoms with Gasteiger partial charge in [-0.1, -0.05) is 42.5 Å². The van der Waals surface area contributed by atoms with E-state index in [0.29, 0.717) is 17.9 Å². The van der Waals surface area contributed by atoms with Crippen molar-refractivity contribution in [2.75, 3.05) is 6.54 Å². The molecule has 146 valence electrons. The summed E-state index contributed by atoms with van der Waals surface area (Å²) in [5.74, 6) is 0.296. The molecule has 0 spiro atoms. The van der Waals surface area contributed by atoms with Gasteiger partial charge in [0.15, 0.2) is 0 Å². The number of carbonyl (C=O) groups excluding carboxylic acids is 1. The SMILES string of the molecule is Cn1ccnc1[C@@H](NC(=O)NCCCCc1ccccc1)c1cccc(F)c1. The Morgan fingerprint density at radius 3 is 2.68 bits per heavy atom. The fourth-order valence-electron chi connectivity index (χ4n) is 3.12. The Labute approximate surface area is 164 Å². The molecule has 6 heteroatoms. The summed E-state index contributed by atoms with van der Waals surface area (Å²) < 4.78 is 15.5. The number of rotatable bonds is 8. The molecular formula is C22H25FN4O. The van der Waals surface area contributed by atoms with Crippen LogP contribution in [0.3, 0.4) is 0 Å². The van der Waals surface area contributed by atoms with Gasteiger partial charge in [0.25, 0.3) is 0 Å². The van der Waals surface area contributed by atoms with E-state index in [9.17, 15) is 9.18 Å². The number of aromatic nitrogens is 2. The van der Waals surface area contributed by atoms with Crippen LogP contribution in [0.15, 0.2) is 67.0 Å². The van der Waals surface area contributed by atoms with Crippen molar-refractivity contribution in [3.05, 3.63) is 89.8 Å². The predicted molar refractivity (Wildman–Crippen MR) is 107 cm³/mol. The van der Waals surface area contributed by atoms with Crippen molar-refractivity contribution in [3.8, 4) is 0 Å². The summed E-state index contributed by atoms with van der Waals surface area (Å²) in [5, 5.41) is 5.80. The lowest BCUT2D eigenvalue weighted by Crippen LogP contribution is -2.39. The molecule has 2 amide bonds. The highest BCUT2D eigenvalue weighted by Gasteiger charge is 2.21. The molecule has 0 saturated carbocycles. The average Bonchev–Trinajstić information content (AvgIpc) is 3.12. The predicted octanol–water partition coefficient (Wildman–Crippen LogP) is 3.97. The Kier molecular flexibility index (Phi) is 6.78. The van der Waals surface area contributed by atoms with Gasteiger partial charge in [-0.05, 0) is 42.5 Å². The number of benzene rings is 2. The minimum absolute atomic E-state index is 0.294. The number of hydrogen-bond acceptors (Lipinski definition) is 2. The van der Waals surface area contributed by atoms with E-state index in [-0.39, 0.29) is 11.8 Å². The van der Waals surface area contributed by atoms with E-state index in [1.54, 1.807) is 24.5 Å². The zero-order valence-corrected chi connectivity index (χ0v) is 15.9. The van der Waals surface area contributed by atoms with E-state index < -0.39 is 6.04 Å². The summed E-state index contributed by atoms with van der Waals surface area (Å²) in [6, 6.07) is 15.7. The molecule has 1 heterocycles. The quantitative estimate of drug-likeness (QED) is 0.581. The van der Waals surface area contributed by atoms with Crippen LogP contribution in [-0.2, 0) is 13.5 Å². The zero-order chi connectivity index (χ0) is 19.8. The number of unbranched alkanes of at least 4 members (excludes halogenated alkanes) is 1. The van der Waals surface area contributed by atoms with Crippen LogP contribution in [0.4, 0.5) is 9.18 Å². The average molecular weight is 380 g/mol. The second-order valence-electron chi connectivity index (χ2n) is 6.73. The van der Waals surface area contributed by atoms with Crippen molar-refractivity contribution in [1.82, 2.24) is 20.2 Å². The van der Waals surface area contributed by atoms with Crippen LogP contribution in [0.1, 0.15) is 35.8 Å². The lowest BCUT2D eigenvalue weighted by atomic mass is 10.1. The highest BCUT2D eigenvalue weighted by molar-refractivity contribution is 5.74. The molecule has 3 rings (SSSR count). The number of halogens is 1. The number of imidazole rings is 1.